The van der Waals surface area contributed by atoms with Gasteiger partial charge in [0.05, 0.1) is 12.0 Å². The Bertz CT molecular complexity index is 1810. The number of carbonyl (C=O) groups is 2. The third-order valence-electron chi connectivity index (χ3n) is 13.4. The highest BCUT2D eigenvalue weighted by Crippen LogP contribution is 2.51. The van der Waals surface area contributed by atoms with Gasteiger partial charge < -0.3 is 34.6 Å². The van der Waals surface area contributed by atoms with E-state index in [4.69, 9.17) is 4.74 Å². The van der Waals surface area contributed by atoms with E-state index < -0.39 is 15.1 Å². The van der Waals surface area contributed by atoms with Gasteiger partial charge in [0.25, 0.3) is 0 Å². The summed E-state index contributed by atoms with van der Waals surface area (Å²) in [5.74, 6) is 0.714. The number of rotatable bonds is 14. The van der Waals surface area contributed by atoms with E-state index >= 15 is 4.39 Å². The van der Waals surface area contributed by atoms with Gasteiger partial charge in [-0.05, 0) is 139 Å². The van der Waals surface area contributed by atoms with Crippen LogP contribution in [0.25, 0.3) is 0 Å². The summed E-state index contributed by atoms with van der Waals surface area (Å²) in [6, 6.07) is 14.6. The molecule has 2 aromatic rings. The van der Waals surface area contributed by atoms with Gasteiger partial charge in [0.1, 0.15) is 11.1 Å². The number of carbonyl (C=O) groups excluding carboxylic acids is 2. The third kappa shape index (κ3) is 8.80. The summed E-state index contributed by atoms with van der Waals surface area (Å²) in [4.78, 5) is 36.3. The van der Waals surface area contributed by atoms with Crippen LogP contribution in [0, 0.1) is 23.6 Å². The molecule has 1 aliphatic carbocycles. The lowest BCUT2D eigenvalue weighted by Crippen LogP contribution is -2.59. The summed E-state index contributed by atoms with van der Waals surface area (Å²) in [5, 5.41) is 2.61. The fraction of sp³-hybridized carbons (Fsp3) is 0.628. The Morgan fingerprint density at radius 1 is 0.929 bits per heavy atom. The van der Waals surface area contributed by atoms with Crippen LogP contribution in [0.5, 0.6) is 0 Å². The normalized spacial score (nSPS) is 25.3. The maximum absolute atomic E-state index is 15.0. The van der Waals surface area contributed by atoms with Gasteiger partial charge >= 0.3 is 6.09 Å². The van der Waals surface area contributed by atoms with Crippen molar-refractivity contribution in [2.24, 2.45) is 17.8 Å². The van der Waals surface area contributed by atoms with Crippen LogP contribution in [0.2, 0.25) is 0 Å². The Morgan fingerprint density at radius 3 is 2.34 bits per heavy atom. The van der Waals surface area contributed by atoms with Gasteiger partial charge in [-0.2, -0.15) is 0 Å². The Hall–Kier alpha value is -3.52. The second kappa shape index (κ2) is 17.5. The Morgan fingerprint density at radius 2 is 1.68 bits per heavy atom. The SMILES string of the molecule is COC(=O)N[C@H]1CCC[C@@H]1[C@](CN1CCC1)(c1cccc(F)c1)C1CCN(C[C@@H]2CCN(c3ccc(S(=O)(=O)C4CN(C(=O)/C=C/CN(C)C)C4)cc3)C2)CC1. The van der Waals surface area contributed by atoms with E-state index in [9.17, 15) is 18.0 Å². The number of alkyl carbamates (subject to hydrolysis) is 1. The van der Waals surface area contributed by atoms with Crippen molar-refractivity contribution in [2.75, 3.05) is 98.1 Å². The molecule has 5 fully saturated rings. The van der Waals surface area contributed by atoms with Crippen molar-refractivity contribution in [3.63, 3.8) is 0 Å². The summed E-state index contributed by atoms with van der Waals surface area (Å²) in [7, 11) is 1.75. The number of amides is 2. The number of piperidine rings is 1. The number of likely N-dealkylation sites (tertiary alicyclic amines) is 3. The van der Waals surface area contributed by atoms with E-state index in [-0.39, 0.29) is 48.3 Å². The zero-order chi connectivity index (χ0) is 39.5. The average molecular weight is 793 g/mol. The third-order valence-corrected chi connectivity index (χ3v) is 15.5. The molecule has 5 aliphatic rings. The number of methoxy groups -OCH3 is 1. The highest BCUT2D eigenvalue weighted by atomic mass is 32.2. The van der Waals surface area contributed by atoms with E-state index in [0.29, 0.717) is 23.3 Å². The van der Waals surface area contributed by atoms with Crippen LogP contribution in [0.4, 0.5) is 14.9 Å². The van der Waals surface area contributed by atoms with Crippen LogP contribution in [0.1, 0.15) is 50.5 Å². The monoisotopic (exact) mass is 792 g/mol. The fourth-order valence-electron chi connectivity index (χ4n) is 10.3. The maximum Gasteiger partial charge on any atom is 0.407 e. The first-order chi connectivity index (χ1) is 27.0. The summed E-state index contributed by atoms with van der Waals surface area (Å²) in [6.07, 6.45) is 10.2. The predicted octanol–water partition coefficient (Wildman–Crippen LogP) is 4.63. The molecule has 2 aromatic carbocycles. The summed E-state index contributed by atoms with van der Waals surface area (Å²) >= 11 is 0. The Kier molecular flexibility index (Phi) is 12.7. The van der Waals surface area contributed by atoms with Crippen molar-refractivity contribution in [3.05, 3.63) is 72.1 Å². The van der Waals surface area contributed by atoms with Crippen molar-refractivity contribution < 1.29 is 27.1 Å². The van der Waals surface area contributed by atoms with Crippen molar-refractivity contribution >= 4 is 27.5 Å². The van der Waals surface area contributed by atoms with E-state index in [1.165, 1.54) is 19.6 Å². The number of sulfone groups is 1. The fourth-order valence-corrected chi connectivity index (χ4v) is 11.9. The van der Waals surface area contributed by atoms with Crippen LogP contribution in [-0.2, 0) is 24.8 Å². The van der Waals surface area contributed by atoms with Gasteiger partial charge in [0, 0.05) is 69.0 Å². The Labute approximate surface area is 333 Å². The lowest BCUT2D eigenvalue weighted by atomic mass is 9.57. The molecular formula is C43H61FN6O5S. The molecule has 13 heteroatoms. The second-order valence-electron chi connectivity index (χ2n) is 17.2. The molecule has 0 aromatic heterocycles. The quantitative estimate of drug-likeness (QED) is 0.275. The zero-order valence-electron chi connectivity index (χ0n) is 33.5. The first-order valence-electron chi connectivity index (χ1n) is 20.7. The number of benzene rings is 2. The summed E-state index contributed by atoms with van der Waals surface area (Å²) in [6.45, 7) is 8.97. The minimum atomic E-state index is -3.53. The van der Waals surface area contributed by atoms with E-state index in [1.54, 1.807) is 35.2 Å². The van der Waals surface area contributed by atoms with Gasteiger partial charge in [-0.25, -0.2) is 17.6 Å². The van der Waals surface area contributed by atoms with Crippen molar-refractivity contribution in [1.29, 1.82) is 0 Å². The summed E-state index contributed by atoms with van der Waals surface area (Å²) in [5.41, 5.74) is 1.84. The van der Waals surface area contributed by atoms with E-state index in [0.717, 1.165) is 102 Å². The number of nitrogens with zero attached hydrogens (tertiary/aromatic N) is 5. The van der Waals surface area contributed by atoms with Gasteiger partial charge in [-0.3, -0.25) is 4.79 Å². The molecule has 4 atom stereocenters. The predicted molar refractivity (Wildman–Crippen MR) is 217 cm³/mol. The largest absolute Gasteiger partial charge is 0.453 e. The Balaban J connectivity index is 0.962. The summed E-state index contributed by atoms with van der Waals surface area (Å²) < 4.78 is 46.8. The smallest absolute Gasteiger partial charge is 0.407 e. The number of anilines is 1. The van der Waals surface area contributed by atoms with Gasteiger partial charge in [0.15, 0.2) is 9.84 Å². The average Bonchev–Trinajstić information content (AvgIpc) is 3.81. The number of hydrogen-bond acceptors (Lipinski definition) is 9. The molecule has 4 heterocycles. The second-order valence-corrected chi connectivity index (χ2v) is 19.4. The highest BCUT2D eigenvalue weighted by molar-refractivity contribution is 7.92. The number of hydrogen-bond donors (Lipinski definition) is 1. The molecule has 0 spiro atoms. The maximum atomic E-state index is 15.0. The molecule has 0 radical (unpaired) electrons. The van der Waals surface area contributed by atoms with Crippen LogP contribution < -0.4 is 10.2 Å². The molecule has 1 N–H and O–H groups in total. The van der Waals surface area contributed by atoms with Gasteiger partial charge in [-0.1, -0.05) is 24.6 Å². The molecule has 4 saturated heterocycles. The minimum absolute atomic E-state index is 0.0106. The first kappa shape index (κ1) is 40.7. The highest BCUT2D eigenvalue weighted by Gasteiger charge is 2.53. The molecule has 0 bridgehead atoms. The lowest BCUT2D eigenvalue weighted by molar-refractivity contribution is -0.129. The lowest BCUT2D eigenvalue weighted by Gasteiger charge is -2.53. The van der Waals surface area contributed by atoms with Crippen molar-refractivity contribution in [1.82, 2.24) is 24.9 Å². The molecule has 1 saturated carbocycles. The van der Waals surface area contributed by atoms with Crippen LogP contribution in [-0.4, -0.2) is 145 Å². The molecule has 56 heavy (non-hydrogen) atoms. The first-order valence-corrected chi connectivity index (χ1v) is 22.2. The number of halogens is 1. The standard InChI is InChI=1S/C43H61FN6O5S/c1-46(2)20-6-12-41(51)50-29-38(30-50)56(53,54)37-15-13-36(14-16-37)49-25-17-32(28-49)27-47-23-18-33(19-24-47)43(31-48-21-7-22-48,34-8-4-9-35(44)26-34)39-10-5-11-40(39)45-42(52)55-3/h4,6,8-9,12-16,26,32-33,38-40H,5,7,10-11,17-25,27-31H2,1-3H3,(H,45,52)/b12-6+/t32-,39-,40-,43-/m0/s1. The number of nitrogens with one attached hydrogen (secondary N) is 1. The van der Waals surface area contributed by atoms with Gasteiger partial charge in [0.2, 0.25) is 5.91 Å². The topological polar surface area (TPSA) is 106 Å². The molecule has 11 nitrogen and oxygen atoms in total. The van der Waals surface area contributed by atoms with Gasteiger partial charge in [-0.15, -0.1) is 0 Å². The zero-order valence-corrected chi connectivity index (χ0v) is 34.3. The van der Waals surface area contributed by atoms with E-state index in [2.05, 4.69) is 26.1 Å². The van der Waals surface area contributed by atoms with Crippen molar-refractivity contribution in [3.8, 4) is 0 Å². The number of likely N-dealkylation sites (N-methyl/N-ethyl adjacent to an activating group) is 1. The van der Waals surface area contributed by atoms with Crippen LogP contribution >= 0.6 is 0 Å². The molecule has 4 aliphatic heterocycles. The number of ether oxygens (including phenoxy) is 1. The molecule has 306 valence electrons. The minimum Gasteiger partial charge on any atom is -0.453 e. The molecule has 0 unspecified atom stereocenters. The molecule has 7 rings (SSSR count). The molecular weight excluding hydrogens is 732 g/mol. The van der Waals surface area contributed by atoms with Crippen LogP contribution in [0.3, 0.4) is 0 Å². The van der Waals surface area contributed by atoms with E-state index in [1.807, 2.05) is 37.2 Å². The van der Waals surface area contributed by atoms with Crippen LogP contribution in [0.15, 0.2) is 65.6 Å². The molecule has 2 amide bonds. The van der Waals surface area contributed by atoms with Crippen molar-refractivity contribution in [2.45, 2.75) is 66.5 Å².